The molecule has 0 bridgehead atoms. The van der Waals surface area contributed by atoms with E-state index < -0.39 is 0 Å². The predicted molar refractivity (Wildman–Crippen MR) is 96.7 cm³/mol. The molecule has 0 spiro atoms. The Bertz CT molecular complexity index is 1160. The molecule has 0 saturated carbocycles. The molecule has 4 aromatic carbocycles. The van der Waals surface area contributed by atoms with Crippen LogP contribution >= 0.6 is 0 Å². The standard InChI is InChI=1S/C22H14O/c1-2-4-16-13-17(6-5-15(16)3-1)18-7-9-20-19(14-18)8-10-22-21(20)11-12-23-22/h1-14H. The van der Waals surface area contributed by atoms with Gasteiger partial charge in [0.15, 0.2) is 0 Å². The Morgan fingerprint density at radius 3 is 2.17 bits per heavy atom. The van der Waals surface area contributed by atoms with E-state index in [-0.39, 0.29) is 0 Å². The highest BCUT2D eigenvalue weighted by molar-refractivity contribution is 6.06. The van der Waals surface area contributed by atoms with Crippen molar-refractivity contribution in [1.29, 1.82) is 0 Å². The van der Waals surface area contributed by atoms with Gasteiger partial charge in [-0.15, -0.1) is 0 Å². The summed E-state index contributed by atoms with van der Waals surface area (Å²) in [5.74, 6) is 0. The summed E-state index contributed by atoms with van der Waals surface area (Å²) in [5, 5.41) is 6.20. The number of rotatable bonds is 1. The van der Waals surface area contributed by atoms with Crippen LogP contribution in [0.5, 0.6) is 0 Å². The van der Waals surface area contributed by atoms with Gasteiger partial charge < -0.3 is 4.42 Å². The van der Waals surface area contributed by atoms with Crippen molar-refractivity contribution < 1.29 is 4.42 Å². The molecule has 1 nitrogen and oxygen atoms in total. The Hall–Kier alpha value is -3.06. The fraction of sp³-hybridized carbons (Fsp3) is 0. The summed E-state index contributed by atoms with van der Waals surface area (Å²) < 4.78 is 5.49. The van der Waals surface area contributed by atoms with Crippen LogP contribution in [0.2, 0.25) is 0 Å². The van der Waals surface area contributed by atoms with Gasteiger partial charge in [-0.2, -0.15) is 0 Å². The summed E-state index contributed by atoms with van der Waals surface area (Å²) in [6.45, 7) is 0. The van der Waals surface area contributed by atoms with Crippen molar-refractivity contribution in [3.8, 4) is 11.1 Å². The highest BCUT2D eigenvalue weighted by Gasteiger charge is 2.05. The van der Waals surface area contributed by atoms with Crippen molar-refractivity contribution in [2.24, 2.45) is 0 Å². The Morgan fingerprint density at radius 2 is 1.26 bits per heavy atom. The lowest BCUT2D eigenvalue weighted by atomic mass is 9.98. The van der Waals surface area contributed by atoms with Crippen molar-refractivity contribution in [1.82, 2.24) is 0 Å². The average molecular weight is 294 g/mol. The van der Waals surface area contributed by atoms with Crippen LogP contribution in [0.4, 0.5) is 0 Å². The topological polar surface area (TPSA) is 13.1 Å². The van der Waals surface area contributed by atoms with E-state index in [9.17, 15) is 0 Å². The number of hydrogen-bond donors (Lipinski definition) is 0. The first kappa shape index (κ1) is 12.5. The van der Waals surface area contributed by atoms with Crippen LogP contribution in [0.3, 0.4) is 0 Å². The lowest BCUT2D eigenvalue weighted by Crippen LogP contribution is -1.81. The fourth-order valence-corrected chi connectivity index (χ4v) is 3.33. The number of benzene rings is 4. The highest BCUT2D eigenvalue weighted by atomic mass is 16.3. The molecule has 0 atom stereocenters. The van der Waals surface area contributed by atoms with Crippen LogP contribution in [0.1, 0.15) is 0 Å². The molecule has 5 rings (SSSR count). The third-order valence-electron chi connectivity index (χ3n) is 4.53. The van der Waals surface area contributed by atoms with Gasteiger partial charge in [0.1, 0.15) is 5.58 Å². The molecule has 0 radical (unpaired) electrons. The molecule has 5 aromatic rings. The van der Waals surface area contributed by atoms with Gasteiger partial charge in [-0.1, -0.05) is 54.6 Å². The molecule has 1 heteroatoms. The van der Waals surface area contributed by atoms with E-state index in [1.807, 2.05) is 12.1 Å². The van der Waals surface area contributed by atoms with Gasteiger partial charge in [0.05, 0.1) is 6.26 Å². The second kappa shape index (κ2) is 4.72. The summed E-state index contributed by atoms with van der Waals surface area (Å²) in [5.41, 5.74) is 3.43. The van der Waals surface area contributed by atoms with Gasteiger partial charge in [0.25, 0.3) is 0 Å². The van der Waals surface area contributed by atoms with Crippen molar-refractivity contribution in [3.63, 3.8) is 0 Å². The number of furan rings is 1. The molecule has 108 valence electrons. The van der Waals surface area contributed by atoms with E-state index in [1.54, 1.807) is 6.26 Å². The second-order valence-electron chi connectivity index (χ2n) is 5.90. The summed E-state index contributed by atoms with van der Waals surface area (Å²) in [7, 11) is 0. The molecule has 0 amide bonds. The molecule has 0 aliphatic rings. The summed E-state index contributed by atoms with van der Waals surface area (Å²) >= 11 is 0. The maximum atomic E-state index is 5.49. The van der Waals surface area contributed by atoms with Crippen LogP contribution in [0.15, 0.2) is 89.5 Å². The monoisotopic (exact) mass is 294 g/mol. The van der Waals surface area contributed by atoms with Gasteiger partial charge in [0.2, 0.25) is 0 Å². The summed E-state index contributed by atoms with van der Waals surface area (Å²) in [4.78, 5) is 0. The van der Waals surface area contributed by atoms with E-state index in [2.05, 4.69) is 66.7 Å². The van der Waals surface area contributed by atoms with Crippen molar-refractivity contribution in [2.45, 2.75) is 0 Å². The first-order valence-corrected chi connectivity index (χ1v) is 7.78. The zero-order chi connectivity index (χ0) is 15.2. The SMILES string of the molecule is c1ccc2cc(-c3ccc4c(ccc5occc54)c3)ccc2c1. The van der Waals surface area contributed by atoms with Gasteiger partial charge in [-0.3, -0.25) is 0 Å². The first-order valence-electron chi connectivity index (χ1n) is 7.78. The summed E-state index contributed by atoms with van der Waals surface area (Å²) in [6, 6.07) is 28.0. The van der Waals surface area contributed by atoms with Gasteiger partial charge in [0, 0.05) is 5.39 Å². The minimum absolute atomic E-state index is 0.941. The molecule has 1 aromatic heterocycles. The van der Waals surface area contributed by atoms with Crippen LogP contribution in [0.25, 0.3) is 43.6 Å². The van der Waals surface area contributed by atoms with Crippen molar-refractivity contribution in [2.75, 3.05) is 0 Å². The minimum Gasteiger partial charge on any atom is -0.464 e. The van der Waals surface area contributed by atoms with Crippen molar-refractivity contribution in [3.05, 3.63) is 85.1 Å². The lowest BCUT2D eigenvalue weighted by molar-refractivity contribution is 0.616. The van der Waals surface area contributed by atoms with Crippen LogP contribution in [0, 0.1) is 0 Å². The maximum Gasteiger partial charge on any atom is 0.134 e. The first-order chi connectivity index (χ1) is 11.4. The highest BCUT2D eigenvalue weighted by Crippen LogP contribution is 2.31. The average Bonchev–Trinajstić information content (AvgIpc) is 3.10. The van der Waals surface area contributed by atoms with Gasteiger partial charge >= 0.3 is 0 Å². The molecule has 0 fully saturated rings. The third-order valence-corrected chi connectivity index (χ3v) is 4.53. The zero-order valence-electron chi connectivity index (χ0n) is 12.5. The normalized spacial score (nSPS) is 11.5. The van der Waals surface area contributed by atoms with Crippen LogP contribution in [-0.2, 0) is 0 Å². The molecule has 1 heterocycles. The summed E-state index contributed by atoms with van der Waals surface area (Å²) in [6.07, 6.45) is 1.75. The Morgan fingerprint density at radius 1 is 0.522 bits per heavy atom. The van der Waals surface area contributed by atoms with Gasteiger partial charge in [-0.25, -0.2) is 0 Å². The van der Waals surface area contributed by atoms with E-state index in [0.29, 0.717) is 0 Å². The number of hydrogen-bond acceptors (Lipinski definition) is 1. The predicted octanol–water partition coefficient (Wildman–Crippen LogP) is 6.41. The zero-order valence-corrected chi connectivity index (χ0v) is 12.5. The van der Waals surface area contributed by atoms with Crippen molar-refractivity contribution >= 4 is 32.5 Å². The van der Waals surface area contributed by atoms with E-state index in [0.717, 1.165) is 5.58 Å². The van der Waals surface area contributed by atoms with E-state index in [1.165, 1.54) is 38.1 Å². The fourth-order valence-electron chi connectivity index (χ4n) is 3.33. The number of fused-ring (bicyclic) bond motifs is 4. The molecule has 0 aliphatic carbocycles. The maximum absolute atomic E-state index is 5.49. The third kappa shape index (κ3) is 1.94. The van der Waals surface area contributed by atoms with E-state index in [4.69, 9.17) is 4.42 Å². The Balaban J connectivity index is 1.73. The lowest BCUT2D eigenvalue weighted by Gasteiger charge is -2.07. The Kier molecular flexibility index (Phi) is 2.56. The molecular weight excluding hydrogens is 280 g/mol. The molecule has 0 saturated heterocycles. The van der Waals surface area contributed by atoms with Crippen LogP contribution < -0.4 is 0 Å². The molecule has 0 N–H and O–H groups in total. The molecule has 0 aliphatic heterocycles. The quantitative estimate of drug-likeness (QED) is 0.348. The van der Waals surface area contributed by atoms with Gasteiger partial charge in [-0.05, 0) is 56.9 Å². The van der Waals surface area contributed by atoms with E-state index >= 15 is 0 Å². The Labute approximate surface area is 133 Å². The largest absolute Gasteiger partial charge is 0.464 e. The molecule has 23 heavy (non-hydrogen) atoms. The minimum atomic E-state index is 0.941. The molecular formula is C22H14O. The second-order valence-corrected chi connectivity index (χ2v) is 5.90. The van der Waals surface area contributed by atoms with Crippen LogP contribution in [-0.4, -0.2) is 0 Å². The smallest absolute Gasteiger partial charge is 0.134 e. The molecule has 0 unspecified atom stereocenters.